The summed E-state index contributed by atoms with van der Waals surface area (Å²) in [7, 11) is 0. The van der Waals surface area contributed by atoms with Crippen LogP contribution >= 0.6 is 0 Å². The molecule has 0 fully saturated rings. The molecular weight excluding hydrogens is 351 g/mol. The molecule has 5 rings (SSSR count). The summed E-state index contributed by atoms with van der Waals surface area (Å²) < 4.78 is 4.75. The van der Waals surface area contributed by atoms with Gasteiger partial charge in [-0.15, -0.1) is 0 Å². The predicted molar refractivity (Wildman–Crippen MR) is 104 cm³/mol. The van der Waals surface area contributed by atoms with Gasteiger partial charge in [0.05, 0.1) is 0 Å². The average molecular weight is 368 g/mol. The van der Waals surface area contributed by atoms with E-state index < -0.39 is 14.7 Å². The van der Waals surface area contributed by atoms with Crippen LogP contribution in [0.3, 0.4) is 0 Å². The molecule has 1 aliphatic heterocycles. The summed E-state index contributed by atoms with van der Waals surface area (Å²) in [6.45, 7) is 0. The number of hydrogen-bond acceptors (Lipinski definition) is 0. The average Bonchev–Trinajstić information content (AvgIpc) is 2.66. The van der Waals surface area contributed by atoms with E-state index in [9.17, 15) is 0 Å². The van der Waals surface area contributed by atoms with Crippen molar-refractivity contribution in [1.29, 1.82) is 0 Å². The zero-order valence-electron chi connectivity index (χ0n) is 13.3. The van der Waals surface area contributed by atoms with E-state index in [1.807, 2.05) is 0 Å². The number of fused-ring (bicyclic) bond motifs is 3. The number of hydrogen-bond donors (Lipinski definition) is 0. The monoisotopic (exact) mass is 368 g/mol. The molecule has 0 aromatic heterocycles. The summed E-state index contributed by atoms with van der Waals surface area (Å²) in [5.41, 5.74) is 3.04. The van der Waals surface area contributed by atoms with Crippen molar-refractivity contribution in [2.45, 2.75) is 6.42 Å². The van der Waals surface area contributed by atoms with Crippen molar-refractivity contribution in [2.75, 3.05) is 0 Å². The first-order chi connectivity index (χ1) is 11.9. The molecule has 0 radical (unpaired) electrons. The second kappa shape index (κ2) is 5.65. The normalized spacial score (nSPS) is 13.5. The van der Waals surface area contributed by atoms with Gasteiger partial charge in [-0.25, -0.2) is 0 Å². The van der Waals surface area contributed by atoms with E-state index in [1.165, 1.54) is 21.9 Å². The van der Waals surface area contributed by atoms with Gasteiger partial charge in [0.1, 0.15) is 0 Å². The van der Waals surface area contributed by atoms with Crippen LogP contribution in [0.25, 0.3) is 10.8 Å². The van der Waals surface area contributed by atoms with Gasteiger partial charge >= 0.3 is 147 Å². The molecule has 0 unspecified atom stereocenters. The summed E-state index contributed by atoms with van der Waals surface area (Å²) >= 11 is -1.52. The van der Waals surface area contributed by atoms with Crippen LogP contribution in [0, 0.1) is 0 Å². The fraction of sp³-hybridized carbons (Fsp3) is 0.0435. The van der Waals surface area contributed by atoms with E-state index in [2.05, 4.69) is 91.0 Å². The molecule has 0 nitrogen and oxygen atoms in total. The molecule has 0 bridgehead atoms. The molecule has 0 saturated carbocycles. The van der Waals surface area contributed by atoms with Gasteiger partial charge in [0.15, 0.2) is 0 Å². The van der Waals surface area contributed by atoms with Crippen LogP contribution in [-0.4, -0.2) is 14.7 Å². The molecular formula is C23H17As. The van der Waals surface area contributed by atoms with Crippen LogP contribution in [0.4, 0.5) is 0 Å². The molecule has 0 amide bonds. The molecule has 24 heavy (non-hydrogen) atoms. The SMILES string of the molecule is c1ccc2c(c1)Cc1ccccc1[As]2c1cccc2ccccc12. The van der Waals surface area contributed by atoms with E-state index >= 15 is 0 Å². The van der Waals surface area contributed by atoms with Gasteiger partial charge in [0.2, 0.25) is 0 Å². The van der Waals surface area contributed by atoms with Crippen LogP contribution in [-0.2, 0) is 6.42 Å². The second-order valence-corrected chi connectivity index (χ2v) is 10.7. The Morgan fingerprint density at radius 3 is 1.79 bits per heavy atom. The molecule has 0 aliphatic carbocycles. The molecule has 0 atom stereocenters. The first-order valence-electron chi connectivity index (χ1n) is 8.35. The van der Waals surface area contributed by atoms with E-state index in [0.717, 1.165) is 6.42 Å². The number of benzene rings is 4. The van der Waals surface area contributed by atoms with E-state index in [1.54, 1.807) is 13.1 Å². The van der Waals surface area contributed by atoms with Crippen LogP contribution in [0.2, 0.25) is 0 Å². The summed E-state index contributed by atoms with van der Waals surface area (Å²) in [6.07, 6.45) is 1.07. The Bertz CT molecular complexity index is 998. The Morgan fingerprint density at radius 2 is 1.04 bits per heavy atom. The fourth-order valence-electron chi connectivity index (χ4n) is 3.75. The molecule has 1 aliphatic rings. The predicted octanol–water partition coefficient (Wildman–Crippen LogP) is 3.26. The first-order valence-corrected chi connectivity index (χ1v) is 11.2. The zero-order chi connectivity index (χ0) is 15.9. The van der Waals surface area contributed by atoms with E-state index in [-0.39, 0.29) is 0 Å². The molecule has 114 valence electrons. The van der Waals surface area contributed by atoms with Crippen molar-refractivity contribution in [3.05, 3.63) is 102 Å². The molecule has 0 N–H and O–H groups in total. The van der Waals surface area contributed by atoms with Crippen molar-refractivity contribution in [2.24, 2.45) is 0 Å². The molecule has 1 heteroatoms. The summed E-state index contributed by atoms with van der Waals surface area (Å²) in [5.74, 6) is 0. The van der Waals surface area contributed by atoms with Gasteiger partial charge in [0, 0.05) is 0 Å². The van der Waals surface area contributed by atoms with Gasteiger partial charge in [-0.1, -0.05) is 0 Å². The minimum atomic E-state index is -1.52. The quantitative estimate of drug-likeness (QED) is 0.399. The molecule has 0 spiro atoms. The first kappa shape index (κ1) is 14.1. The van der Waals surface area contributed by atoms with Gasteiger partial charge < -0.3 is 0 Å². The van der Waals surface area contributed by atoms with Crippen molar-refractivity contribution >= 4 is 38.5 Å². The third-order valence-corrected chi connectivity index (χ3v) is 10.5. The standard InChI is InChI=1S/C23H17As/c1-4-12-20-17(8-1)11-7-15-23(20)24-21-13-5-2-9-18(21)16-19-10-3-6-14-22(19)24/h1-15H,16H2. The summed E-state index contributed by atoms with van der Waals surface area (Å²) in [5, 5.41) is 2.77. The van der Waals surface area contributed by atoms with Gasteiger partial charge in [-0.3, -0.25) is 0 Å². The van der Waals surface area contributed by atoms with Gasteiger partial charge in [-0.2, -0.15) is 0 Å². The Balaban J connectivity index is 1.84. The van der Waals surface area contributed by atoms with E-state index in [0.29, 0.717) is 0 Å². The Morgan fingerprint density at radius 1 is 0.500 bits per heavy atom. The summed E-state index contributed by atoms with van der Waals surface area (Å²) in [6, 6.07) is 33.8. The number of rotatable bonds is 1. The van der Waals surface area contributed by atoms with Crippen molar-refractivity contribution in [3.8, 4) is 0 Å². The van der Waals surface area contributed by atoms with Crippen molar-refractivity contribution < 1.29 is 0 Å². The molecule has 4 aromatic carbocycles. The molecule has 0 saturated heterocycles. The van der Waals surface area contributed by atoms with E-state index in [4.69, 9.17) is 0 Å². The van der Waals surface area contributed by atoms with Crippen LogP contribution in [0.5, 0.6) is 0 Å². The Hall–Kier alpha value is -2.30. The third-order valence-electron chi connectivity index (χ3n) is 4.85. The van der Waals surface area contributed by atoms with Crippen LogP contribution in [0.15, 0.2) is 91.0 Å². The third kappa shape index (κ3) is 2.14. The molecule has 1 heterocycles. The Labute approximate surface area is 147 Å². The Kier molecular flexibility index (Phi) is 3.31. The van der Waals surface area contributed by atoms with Crippen molar-refractivity contribution in [3.63, 3.8) is 0 Å². The van der Waals surface area contributed by atoms with Crippen LogP contribution in [0.1, 0.15) is 11.1 Å². The summed E-state index contributed by atoms with van der Waals surface area (Å²) in [4.78, 5) is 0. The zero-order valence-corrected chi connectivity index (χ0v) is 15.2. The van der Waals surface area contributed by atoms with Gasteiger partial charge in [0.25, 0.3) is 0 Å². The topological polar surface area (TPSA) is 0 Å². The van der Waals surface area contributed by atoms with Crippen LogP contribution < -0.4 is 13.1 Å². The maximum absolute atomic E-state index is 2.37. The minimum absolute atomic E-state index is 1.07. The maximum atomic E-state index is 2.37. The molecule has 4 aromatic rings. The second-order valence-electron chi connectivity index (χ2n) is 6.27. The van der Waals surface area contributed by atoms with Crippen molar-refractivity contribution in [1.82, 2.24) is 0 Å². The van der Waals surface area contributed by atoms with Gasteiger partial charge in [-0.05, 0) is 0 Å². The fourth-order valence-corrected chi connectivity index (χ4v) is 9.65.